The van der Waals surface area contributed by atoms with Crippen LogP contribution in [0.4, 0.5) is 0 Å². The smallest absolute Gasteiger partial charge is 0.0723 e. The zero-order chi connectivity index (χ0) is 12.1. The standard InChI is InChI=1S/C12H18BrN3O/c1-17-7-6-14-12-8-11(15-16-12)9-4-2-3-5-10(9)13/h2-5,11-12,14-16H,6-8H2,1H3. The maximum Gasteiger partial charge on any atom is 0.0723 e. The Kier molecular flexibility index (Phi) is 4.94. The molecule has 1 aromatic carbocycles. The average Bonchev–Trinajstić information content (AvgIpc) is 2.79. The molecule has 2 unspecified atom stereocenters. The molecule has 3 N–H and O–H groups in total. The Hall–Kier alpha value is -0.460. The Bertz CT molecular complexity index is 361. The molecule has 0 spiro atoms. The Morgan fingerprint density at radius 2 is 2.24 bits per heavy atom. The summed E-state index contributed by atoms with van der Waals surface area (Å²) in [6, 6.07) is 8.65. The van der Waals surface area contributed by atoms with Crippen LogP contribution in [0.5, 0.6) is 0 Å². The first-order chi connectivity index (χ1) is 8.31. The number of methoxy groups -OCH3 is 1. The summed E-state index contributed by atoms with van der Waals surface area (Å²) in [4.78, 5) is 0. The normalized spacial score (nSPS) is 24.1. The van der Waals surface area contributed by atoms with Gasteiger partial charge >= 0.3 is 0 Å². The number of benzene rings is 1. The molecule has 1 saturated heterocycles. The lowest BCUT2D eigenvalue weighted by molar-refractivity contribution is 0.194. The summed E-state index contributed by atoms with van der Waals surface area (Å²) in [5.41, 5.74) is 7.85. The molecule has 0 aromatic heterocycles. The van der Waals surface area contributed by atoms with Crippen LogP contribution < -0.4 is 16.2 Å². The molecule has 5 heteroatoms. The Morgan fingerprint density at radius 3 is 3.00 bits per heavy atom. The minimum atomic E-state index is 0.294. The third-order valence-electron chi connectivity index (χ3n) is 2.88. The predicted molar refractivity (Wildman–Crippen MR) is 71.4 cm³/mol. The second kappa shape index (κ2) is 6.47. The topological polar surface area (TPSA) is 45.3 Å². The van der Waals surface area contributed by atoms with Crippen molar-refractivity contribution in [3.8, 4) is 0 Å². The van der Waals surface area contributed by atoms with E-state index in [1.807, 2.05) is 6.07 Å². The van der Waals surface area contributed by atoms with Crippen LogP contribution in [0.25, 0.3) is 0 Å². The highest BCUT2D eigenvalue weighted by Crippen LogP contribution is 2.27. The number of hydrogen-bond donors (Lipinski definition) is 3. The molecule has 94 valence electrons. The molecule has 0 aliphatic carbocycles. The van der Waals surface area contributed by atoms with E-state index in [1.165, 1.54) is 5.56 Å². The van der Waals surface area contributed by atoms with Gasteiger partial charge in [0.25, 0.3) is 0 Å². The molecule has 1 aliphatic heterocycles. The van der Waals surface area contributed by atoms with E-state index < -0.39 is 0 Å². The quantitative estimate of drug-likeness (QED) is 0.722. The van der Waals surface area contributed by atoms with Gasteiger partial charge in [-0.2, -0.15) is 0 Å². The van der Waals surface area contributed by atoms with Gasteiger partial charge in [0.1, 0.15) is 0 Å². The first kappa shape index (κ1) is 13.0. The molecule has 1 aliphatic rings. The number of halogens is 1. The summed E-state index contributed by atoms with van der Waals surface area (Å²) in [6.07, 6.45) is 1.31. The SMILES string of the molecule is COCCNC1CC(c2ccccc2Br)NN1. The van der Waals surface area contributed by atoms with Crippen LogP contribution in [0.15, 0.2) is 28.7 Å². The van der Waals surface area contributed by atoms with Gasteiger partial charge in [-0.25, -0.2) is 10.9 Å². The lowest BCUT2D eigenvalue weighted by Crippen LogP contribution is -2.42. The first-order valence-electron chi connectivity index (χ1n) is 5.79. The fourth-order valence-electron chi connectivity index (χ4n) is 1.99. The zero-order valence-corrected chi connectivity index (χ0v) is 11.5. The monoisotopic (exact) mass is 299 g/mol. The van der Waals surface area contributed by atoms with Crippen molar-refractivity contribution in [3.63, 3.8) is 0 Å². The lowest BCUT2D eigenvalue weighted by atomic mass is 10.0. The summed E-state index contributed by atoms with van der Waals surface area (Å²) in [6.45, 7) is 1.59. The first-order valence-corrected chi connectivity index (χ1v) is 6.58. The number of rotatable bonds is 5. The second-order valence-electron chi connectivity index (χ2n) is 4.10. The third-order valence-corrected chi connectivity index (χ3v) is 3.60. The molecular formula is C12H18BrN3O. The van der Waals surface area contributed by atoms with Crippen LogP contribution in [-0.4, -0.2) is 26.4 Å². The largest absolute Gasteiger partial charge is 0.383 e. The van der Waals surface area contributed by atoms with Crippen molar-refractivity contribution in [2.75, 3.05) is 20.3 Å². The minimum Gasteiger partial charge on any atom is -0.383 e. The summed E-state index contributed by atoms with van der Waals surface area (Å²) in [5.74, 6) is 0. The van der Waals surface area contributed by atoms with Crippen molar-refractivity contribution >= 4 is 15.9 Å². The summed E-state index contributed by atoms with van der Waals surface area (Å²) in [5, 5.41) is 3.39. The second-order valence-corrected chi connectivity index (χ2v) is 4.95. The molecule has 1 aromatic rings. The van der Waals surface area contributed by atoms with E-state index in [9.17, 15) is 0 Å². The third kappa shape index (κ3) is 3.50. The minimum absolute atomic E-state index is 0.294. The molecule has 0 bridgehead atoms. The maximum atomic E-state index is 5.01. The van der Waals surface area contributed by atoms with Crippen LogP contribution in [-0.2, 0) is 4.74 Å². The van der Waals surface area contributed by atoms with E-state index in [-0.39, 0.29) is 0 Å². The van der Waals surface area contributed by atoms with Crippen molar-refractivity contribution in [1.82, 2.24) is 16.2 Å². The summed E-state index contributed by atoms with van der Waals surface area (Å²) >= 11 is 3.58. The van der Waals surface area contributed by atoms with E-state index in [4.69, 9.17) is 4.74 Å². The van der Waals surface area contributed by atoms with Crippen molar-refractivity contribution in [3.05, 3.63) is 34.3 Å². The van der Waals surface area contributed by atoms with E-state index in [0.717, 1.165) is 24.0 Å². The molecule has 2 rings (SSSR count). The Morgan fingerprint density at radius 1 is 1.41 bits per heavy atom. The van der Waals surface area contributed by atoms with Crippen LogP contribution in [0.2, 0.25) is 0 Å². The molecule has 17 heavy (non-hydrogen) atoms. The van der Waals surface area contributed by atoms with Gasteiger partial charge in [-0.15, -0.1) is 0 Å². The summed E-state index contributed by atoms with van der Waals surface area (Å²) in [7, 11) is 1.71. The average molecular weight is 300 g/mol. The molecular weight excluding hydrogens is 282 g/mol. The van der Waals surface area contributed by atoms with Crippen LogP contribution in [0.1, 0.15) is 18.0 Å². The number of hydrogen-bond acceptors (Lipinski definition) is 4. The van der Waals surface area contributed by atoms with Crippen molar-refractivity contribution in [1.29, 1.82) is 0 Å². The van der Waals surface area contributed by atoms with Crippen LogP contribution >= 0.6 is 15.9 Å². The van der Waals surface area contributed by atoms with E-state index in [2.05, 4.69) is 50.3 Å². The van der Waals surface area contributed by atoms with Crippen LogP contribution in [0.3, 0.4) is 0 Å². The highest BCUT2D eigenvalue weighted by molar-refractivity contribution is 9.10. The van der Waals surface area contributed by atoms with Gasteiger partial charge in [-0.05, 0) is 18.1 Å². The van der Waals surface area contributed by atoms with Crippen molar-refractivity contribution in [2.45, 2.75) is 18.6 Å². The number of hydrazine groups is 1. The van der Waals surface area contributed by atoms with E-state index in [0.29, 0.717) is 12.2 Å². The molecule has 4 nitrogen and oxygen atoms in total. The number of ether oxygens (including phenoxy) is 1. The molecule has 2 atom stereocenters. The maximum absolute atomic E-state index is 5.01. The van der Waals surface area contributed by atoms with Crippen molar-refractivity contribution in [2.24, 2.45) is 0 Å². The summed E-state index contributed by atoms with van der Waals surface area (Å²) < 4.78 is 6.16. The van der Waals surface area contributed by atoms with Crippen molar-refractivity contribution < 1.29 is 4.74 Å². The lowest BCUT2D eigenvalue weighted by Gasteiger charge is -2.12. The Labute approximate surface area is 110 Å². The Balaban J connectivity index is 1.87. The van der Waals surface area contributed by atoms with Gasteiger partial charge in [-0.1, -0.05) is 34.1 Å². The molecule has 0 amide bonds. The van der Waals surface area contributed by atoms with Gasteiger partial charge in [0, 0.05) is 18.1 Å². The molecule has 0 radical (unpaired) electrons. The van der Waals surface area contributed by atoms with Gasteiger partial charge in [0.05, 0.1) is 18.8 Å². The fraction of sp³-hybridized carbons (Fsp3) is 0.500. The van der Waals surface area contributed by atoms with E-state index in [1.54, 1.807) is 7.11 Å². The molecule has 1 heterocycles. The molecule has 1 fully saturated rings. The van der Waals surface area contributed by atoms with Crippen LogP contribution in [0, 0.1) is 0 Å². The number of nitrogens with one attached hydrogen (secondary N) is 3. The van der Waals surface area contributed by atoms with Gasteiger partial charge in [0.15, 0.2) is 0 Å². The highest BCUT2D eigenvalue weighted by atomic mass is 79.9. The van der Waals surface area contributed by atoms with Gasteiger partial charge in [-0.3, -0.25) is 5.32 Å². The molecule has 0 saturated carbocycles. The van der Waals surface area contributed by atoms with Gasteiger partial charge < -0.3 is 4.74 Å². The fourth-order valence-corrected chi connectivity index (χ4v) is 2.55. The van der Waals surface area contributed by atoms with Gasteiger partial charge in [0.2, 0.25) is 0 Å². The zero-order valence-electron chi connectivity index (χ0n) is 9.87. The van der Waals surface area contributed by atoms with E-state index >= 15 is 0 Å². The highest BCUT2D eigenvalue weighted by Gasteiger charge is 2.25. The predicted octanol–water partition coefficient (Wildman–Crippen LogP) is 1.55.